The van der Waals surface area contributed by atoms with E-state index in [9.17, 15) is 19.5 Å². The van der Waals surface area contributed by atoms with Crippen LogP contribution in [0, 0.1) is 22.7 Å². The number of unbranched alkanes of at least 4 members (excludes halogenated alkanes) is 14. The van der Waals surface area contributed by atoms with Crippen molar-refractivity contribution in [2.45, 2.75) is 150 Å². The number of carboxylic acids is 1. The summed E-state index contributed by atoms with van der Waals surface area (Å²) < 4.78 is 5.29. The van der Waals surface area contributed by atoms with E-state index in [4.69, 9.17) is 10.5 Å². The van der Waals surface area contributed by atoms with E-state index in [2.05, 4.69) is 6.92 Å². The number of primary amides is 1. The molecule has 36 heavy (non-hydrogen) atoms. The normalized spacial score (nSPS) is 20.3. The molecule has 0 aliphatic carbocycles. The van der Waals surface area contributed by atoms with Crippen LogP contribution < -0.4 is 5.73 Å². The monoisotopic (exact) mass is 509 g/mol. The molecule has 6 heteroatoms. The Bertz CT molecular complexity index is 655. The van der Waals surface area contributed by atoms with Crippen LogP contribution in [0.5, 0.6) is 0 Å². The molecule has 0 aromatic rings. The number of carboxylic acid groups (broad SMARTS) is 1. The molecule has 0 bridgehead atoms. The van der Waals surface area contributed by atoms with Crippen LogP contribution in [-0.2, 0) is 19.1 Å². The van der Waals surface area contributed by atoms with E-state index in [0.29, 0.717) is 12.8 Å². The summed E-state index contributed by atoms with van der Waals surface area (Å²) in [5.74, 6) is -2.98. The van der Waals surface area contributed by atoms with Gasteiger partial charge in [-0.2, -0.15) is 0 Å². The molecule has 0 aromatic heterocycles. The highest BCUT2D eigenvalue weighted by Crippen LogP contribution is 2.50. The zero-order chi connectivity index (χ0) is 27.2. The van der Waals surface area contributed by atoms with E-state index >= 15 is 0 Å². The first kappa shape index (κ1) is 32.4. The highest BCUT2D eigenvalue weighted by atomic mass is 16.6. The quantitative estimate of drug-likeness (QED) is 0.0951. The van der Waals surface area contributed by atoms with Crippen molar-refractivity contribution in [3.63, 3.8) is 0 Å². The summed E-state index contributed by atoms with van der Waals surface area (Å²) in [4.78, 5) is 36.8. The molecule has 4 atom stereocenters. The molecule has 210 valence electrons. The fourth-order valence-electron chi connectivity index (χ4n) is 6.03. The van der Waals surface area contributed by atoms with Crippen molar-refractivity contribution in [2.24, 2.45) is 28.4 Å². The number of carbonyl (C=O) groups is 3. The number of carbonyl (C=O) groups excluding carboxylic acids is 2. The van der Waals surface area contributed by atoms with Gasteiger partial charge in [0.2, 0.25) is 5.91 Å². The minimum Gasteiger partial charge on any atom is -0.480 e. The van der Waals surface area contributed by atoms with Crippen molar-refractivity contribution in [1.29, 1.82) is 0 Å². The Kier molecular flexibility index (Phi) is 14.7. The summed E-state index contributed by atoms with van der Waals surface area (Å²) in [6, 6.07) is 0. The summed E-state index contributed by atoms with van der Waals surface area (Å²) in [5.41, 5.74) is 3.22. The van der Waals surface area contributed by atoms with Gasteiger partial charge in [-0.15, -0.1) is 0 Å². The number of esters is 1. The van der Waals surface area contributed by atoms with Crippen LogP contribution in [-0.4, -0.2) is 29.1 Å². The molecule has 1 saturated heterocycles. The van der Waals surface area contributed by atoms with Gasteiger partial charge >= 0.3 is 11.9 Å². The molecule has 1 heterocycles. The topological polar surface area (TPSA) is 107 Å². The molecule has 6 nitrogen and oxygen atoms in total. The molecule has 1 rings (SSSR count). The summed E-state index contributed by atoms with van der Waals surface area (Å²) in [6.07, 6.45) is 19.5. The molecule has 0 spiro atoms. The number of amides is 1. The predicted molar refractivity (Wildman–Crippen MR) is 145 cm³/mol. The van der Waals surface area contributed by atoms with Crippen molar-refractivity contribution in [3.8, 4) is 0 Å². The molecule has 1 aliphatic heterocycles. The summed E-state index contributed by atoms with van der Waals surface area (Å²) in [7, 11) is 0. The van der Waals surface area contributed by atoms with Gasteiger partial charge in [-0.1, -0.05) is 124 Å². The number of hydrogen-bond donors (Lipinski definition) is 2. The van der Waals surface area contributed by atoms with Crippen molar-refractivity contribution < 1.29 is 24.2 Å². The van der Waals surface area contributed by atoms with Gasteiger partial charge in [0, 0.05) is 0 Å². The van der Waals surface area contributed by atoms with Gasteiger partial charge in [-0.25, -0.2) is 0 Å². The largest absolute Gasteiger partial charge is 0.480 e. The van der Waals surface area contributed by atoms with Crippen molar-refractivity contribution in [1.82, 2.24) is 0 Å². The third-order valence-electron chi connectivity index (χ3n) is 8.39. The second-order valence-corrected chi connectivity index (χ2v) is 12.2. The van der Waals surface area contributed by atoms with Crippen LogP contribution in [0.2, 0.25) is 0 Å². The first-order chi connectivity index (χ1) is 17.0. The van der Waals surface area contributed by atoms with Crippen LogP contribution in [0.25, 0.3) is 0 Å². The lowest BCUT2D eigenvalue weighted by Gasteiger charge is -2.46. The highest BCUT2D eigenvalue weighted by molar-refractivity contribution is 6.02. The lowest BCUT2D eigenvalue weighted by molar-refractivity contribution is -0.189. The maximum absolute atomic E-state index is 12.7. The predicted octanol–water partition coefficient (Wildman–Crippen LogP) is 7.42. The number of rotatable bonds is 21. The third kappa shape index (κ3) is 9.37. The Labute approximate surface area is 220 Å². The Morgan fingerprint density at radius 2 is 1.28 bits per heavy atom. The highest BCUT2D eigenvalue weighted by Gasteiger charge is 2.60. The van der Waals surface area contributed by atoms with Gasteiger partial charge in [0.15, 0.2) is 5.41 Å². The van der Waals surface area contributed by atoms with E-state index in [1.54, 1.807) is 27.7 Å². The van der Waals surface area contributed by atoms with Gasteiger partial charge in [-0.3, -0.25) is 14.4 Å². The van der Waals surface area contributed by atoms with E-state index in [0.717, 1.165) is 19.3 Å². The molecule has 1 aliphatic rings. The Balaban J connectivity index is 2.43. The number of ether oxygens (including phenoxy) is 1. The lowest BCUT2D eigenvalue weighted by Crippen LogP contribution is -2.59. The molecule has 0 radical (unpaired) electrons. The third-order valence-corrected chi connectivity index (χ3v) is 8.39. The molecule has 1 fully saturated rings. The fraction of sp³-hybridized carbons (Fsp3) is 0.900. The number of nitrogens with two attached hydrogens (primary N) is 1. The van der Waals surface area contributed by atoms with E-state index < -0.39 is 28.6 Å². The molecule has 1 amide bonds. The second kappa shape index (κ2) is 16.3. The van der Waals surface area contributed by atoms with Crippen LogP contribution in [0.1, 0.15) is 144 Å². The minimum atomic E-state index is -1.70. The Hall–Kier alpha value is -1.59. The molecule has 0 saturated carbocycles. The molecular weight excluding hydrogens is 454 g/mol. The number of aliphatic carboxylic acids is 1. The van der Waals surface area contributed by atoms with Crippen LogP contribution in [0.4, 0.5) is 0 Å². The van der Waals surface area contributed by atoms with Crippen LogP contribution >= 0.6 is 0 Å². The minimum absolute atomic E-state index is 0.263. The number of hydrogen-bond acceptors (Lipinski definition) is 4. The fourth-order valence-corrected chi connectivity index (χ4v) is 6.03. The van der Waals surface area contributed by atoms with Crippen molar-refractivity contribution in [3.05, 3.63) is 0 Å². The van der Waals surface area contributed by atoms with Crippen molar-refractivity contribution in [2.75, 3.05) is 0 Å². The first-order valence-corrected chi connectivity index (χ1v) is 14.7. The van der Waals surface area contributed by atoms with Crippen molar-refractivity contribution >= 4 is 17.8 Å². The van der Waals surface area contributed by atoms with E-state index in [1.807, 2.05) is 0 Å². The molecular formula is C30H55NO5. The van der Waals surface area contributed by atoms with E-state index in [1.165, 1.54) is 77.0 Å². The number of cyclic esters (lactones) is 1. The second-order valence-electron chi connectivity index (χ2n) is 12.2. The lowest BCUT2D eigenvalue weighted by atomic mass is 9.56. The molecule has 3 N–H and O–H groups in total. The average molecular weight is 510 g/mol. The average Bonchev–Trinajstić information content (AvgIpc) is 2.79. The van der Waals surface area contributed by atoms with Gasteiger partial charge in [0.25, 0.3) is 0 Å². The van der Waals surface area contributed by atoms with Gasteiger partial charge in [-0.05, 0) is 31.1 Å². The first-order valence-electron chi connectivity index (χ1n) is 14.7. The Morgan fingerprint density at radius 3 is 1.58 bits per heavy atom. The van der Waals surface area contributed by atoms with Gasteiger partial charge < -0.3 is 15.6 Å². The maximum Gasteiger partial charge on any atom is 0.320 e. The van der Waals surface area contributed by atoms with Gasteiger partial charge in [0.1, 0.15) is 6.10 Å². The summed E-state index contributed by atoms with van der Waals surface area (Å²) in [6.45, 7) is 9.35. The maximum atomic E-state index is 12.7. The molecule has 0 aromatic carbocycles. The standard InChI is InChI=1S/C30H55NO5/c1-6-7-8-9-10-11-12-13-14-15-16-17-18-19-20-21-24(22-25-23(2)26(32)36-25)30(27(31)33,28(34)35)29(3,4)5/h23-25H,6-22H2,1-5H3,(H2,31,33)(H,34,35)/t23-,24?,25-,30+/m1/s1. The molecule has 1 unspecified atom stereocenters. The zero-order valence-electron chi connectivity index (χ0n) is 23.9. The Morgan fingerprint density at radius 1 is 0.861 bits per heavy atom. The smallest absolute Gasteiger partial charge is 0.320 e. The van der Waals surface area contributed by atoms with Crippen LogP contribution in [0.15, 0.2) is 0 Å². The summed E-state index contributed by atoms with van der Waals surface area (Å²) >= 11 is 0. The SMILES string of the molecule is CCCCCCCCCCCCCCCCCC(C[C@H]1OC(=O)[C@@H]1C)[C@](C(N)=O)(C(=O)O)C(C)(C)C. The summed E-state index contributed by atoms with van der Waals surface area (Å²) in [5, 5.41) is 10.2. The zero-order valence-corrected chi connectivity index (χ0v) is 23.9. The van der Waals surface area contributed by atoms with Gasteiger partial charge in [0.05, 0.1) is 5.92 Å². The van der Waals surface area contributed by atoms with Crippen LogP contribution in [0.3, 0.4) is 0 Å². The van der Waals surface area contributed by atoms with E-state index in [-0.39, 0.29) is 18.0 Å².